The van der Waals surface area contributed by atoms with Crippen molar-refractivity contribution in [2.45, 2.75) is 59.0 Å². The van der Waals surface area contributed by atoms with Gasteiger partial charge in [-0.1, -0.05) is 39.2 Å². The number of amides is 1. The Bertz CT molecular complexity index is 993. The second-order valence-electron chi connectivity index (χ2n) is 9.02. The molecule has 1 amide bonds. The van der Waals surface area contributed by atoms with Crippen LogP contribution in [0.3, 0.4) is 0 Å². The maximum absolute atomic E-state index is 13.8. The number of aromatic carboxylic acids is 1. The first kappa shape index (κ1) is 24.8. The summed E-state index contributed by atoms with van der Waals surface area (Å²) in [4.78, 5) is 28.6. The average Bonchev–Trinajstić information content (AvgIpc) is 2.77. The zero-order valence-corrected chi connectivity index (χ0v) is 19.3. The van der Waals surface area contributed by atoms with Gasteiger partial charge in [-0.2, -0.15) is 0 Å². The fourth-order valence-electron chi connectivity index (χ4n) is 4.26. The first-order chi connectivity index (χ1) is 15.8. The van der Waals surface area contributed by atoms with Crippen LogP contribution >= 0.6 is 0 Å². The van der Waals surface area contributed by atoms with Crippen molar-refractivity contribution >= 4 is 17.6 Å². The minimum absolute atomic E-state index is 0.00328. The Labute approximate surface area is 194 Å². The lowest BCUT2D eigenvalue weighted by Gasteiger charge is -2.30. The molecule has 0 aromatic heterocycles. The van der Waals surface area contributed by atoms with Crippen LogP contribution in [0.15, 0.2) is 36.4 Å². The number of fused-ring (bicyclic) bond motifs is 1. The largest absolute Gasteiger partial charge is 0.478 e. The van der Waals surface area contributed by atoms with Crippen LogP contribution in [-0.2, 0) is 17.9 Å². The third-order valence-corrected chi connectivity index (χ3v) is 6.02. The van der Waals surface area contributed by atoms with Crippen molar-refractivity contribution in [3.05, 3.63) is 64.7 Å². The van der Waals surface area contributed by atoms with E-state index < -0.39 is 17.6 Å². The number of nitrogens with zero attached hydrogens (tertiary/aromatic N) is 2. The molecule has 7 heteroatoms. The van der Waals surface area contributed by atoms with E-state index in [4.69, 9.17) is 0 Å². The summed E-state index contributed by atoms with van der Waals surface area (Å²) in [7, 11) is 0. The molecule has 3 rings (SSSR count). The molecule has 0 unspecified atom stereocenters. The summed E-state index contributed by atoms with van der Waals surface area (Å²) in [5, 5.41) is 9.54. The minimum Gasteiger partial charge on any atom is -0.478 e. The van der Waals surface area contributed by atoms with Gasteiger partial charge in [0.15, 0.2) is 11.6 Å². The summed E-state index contributed by atoms with van der Waals surface area (Å²) in [6.45, 7) is 5.83. The van der Waals surface area contributed by atoms with Crippen molar-refractivity contribution in [2.75, 3.05) is 18.0 Å². The molecule has 1 aliphatic rings. The van der Waals surface area contributed by atoms with Gasteiger partial charge in [-0.3, -0.25) is 9.69 Å². The quantitative estimate of drug-likeness (QED) is 0.646. The predicted molar refractivity (Wildman–Crippen MR) is 124 cm³/mol. The van der Waals surface area contributed by atoms with Crippen molar-refractivity contribution in [1.82, 2.24) is 4.90 Å². The number of rotatable bonds is 4. The number of carboxylic acids is 1. The fourth-order valence-corrected chi connectivity index (χ4v) is 4.26. The Morgan fingerprint density at radius 3 is 2.30 bits per heavy atom. The summed E-state index contributed by atoms with van der Waals surface area (Å²) in [6.07, 6.45) is 4.94. The lowest BCUT2D eigenvalue weighted by atomic mass is 10.0. The van der Waals surface area contributed by atoms with Gasteiger partial charge in [-0.15, -0.1) is 0 Å². The maximum Gasteiger partial charge on any atom is 0.335 e. The van der Waals surface area contributed by atoms with E-state index in [1.807, 2.05) is 13.8 Å². The molecule has 0 aliphatic carbocycles. The number of carboxylic acid groups (broad SMARTS) is 1. The van der Waals surface area contributed by atoms with E-state index in [-0.39, 0.29) is 17.4 Å². The molecule has 0 spiro atoms. The maximum atomic E-state index is 13.8. The number of anilines is 1. The lowest BCUT2D eigenvalue weighted by molar-refractivity contribution is -0.121. The molecular weight excluding hydrogens is 426 g/mol. The second-order valence-corrected chi connectivity index (χ2v) is 9.02. The fraction of sp³-hybridized carbons (Fsp3) is 0.462. The Morgan fingerprint density at radius 1 is 0.939 bits per heavy atom. The zero-order valence-electron chi connectivity index (χ0n) is 19.3. The molecule has 1 N–H and O–H groups in total. The number of halogens is 2. The van der Waals surface area contributed by atoms with Crippen molar-refractivity contribution in [1.29, 1.82) is 0 Å². The van der Waals surface area contributed by atoms with Gasteiger partial charge >= 0.3 is 5.97 Å². The summed E-state index contributed by atoms with van der Waals surface area (Å²) in [6, 6.07) is 8.78. The van der Waals surface area contributed by atoms with Crippen molar-refractivity contribution in [2.24, 2.45) is 5.92 Å². The van der Waals surface area contributed by atoms with Gasteiger partial charge in [-0.25, -0.2) is 13.6 Å². The zero-order chi connectivity index (χ0) is 24.0. The highest BCUT2D eigenvalue weighted by atomic mass is 19.2. The van der Waals surface area contributed by atoms with Gasteiger partial charge in [0.2, 0.25) is 5.91 Å². The van der Waals surface area contributed by atoms with Crippen LogP contribution in [0.1, 0.15) is 67.4 Å². The van der Waals surface area contributed by atoms with E-state index in [2.05, 4.69) is 4.90 Å². The van der Waals surface area contributed by atoms with Gasteiger partial charge < -0.3 is 10.0 Å². The van der Waals surface area contributed by atoms with Crippen LogP contribution < -0.4 is 4.90 Å². The Hall–Kier alpha value is -2.80. The number of carbonyl (C=O) groups is 2. The highest BCUT2D eigenvalue weighted by Crippen LogP contribution is 2.28. The number of carbonyl (C=O) groups excluding carboxylic acids is 1. The SMILES string of the molecule is CC(C)C(=O)N1CCCCCCCN(Cc2ccc(F)c(F)c2)Cc2cc(C(=O)O)ccc21. The van der Waals surface area contributed by atoms with Crippen LogP contribution in [-0.4, -0.2) is 35.0 Å². The molecule has 5 nitrogen and oxygen atoms in total. The Balaban J connectivity index is 2.00. The van der Waals surface area contributed by atoms with Gasteiger partial charge in [0.1, 0.15) is 0 Å². The molecule has 0 atom stereocenters. The standard InChI is InChI=1S/C26H32F2N2O3/c1-18(2)25(31)30-13-7-5-3-4-6-12-29(16-19-8-10-22(27)23(28)14-19)17-21-15-20(26(32)33)9-11-24(21)30/h8-11,14-15,18H,3-7,12-13,16-17H2,1-2H3,(H,32,33). The highest BCUT2D eigenvalue weighted by molar-refractivity contribution is 5.96. The molecular formula is C26H32F2N2O3. The summed E-state index contributed by atoms with van der Waals surface area (Å²) < 4.78 is 27.2. The van der Waals surface area contributed by atoms with Gasteiger partial charge in [-0.05, 0) is 60.8 Å². The summed E-state index contributed by atoms with van der Waals surface area (Å²) in [5.41, 5.74) is 2.26. The van der Waals surface area contributed by atoms with Crippen LogP contribution in [0, 0.1) is 17.6 Å². The second kappa shape index (κ2) is 11.4. The molecule has 33 heavy (non-hydrogen) atoms. The third-order valence-electron chi connectivity index (χ3n) is 6.02. The number of benzene rings is 2. The smallest absolute Gasteiger partial charge is 0.335 e. The molecule has 178 valence electrons. The van der Waals surface area contributed by atoms with E-state index in [0.29, 0.717) is 25.2 Å². The van der Waals surface area contributed by atoms with Gasteiger partial charge in [0.05, 0.1) is 5.56 Å². The molecule has 0 fully saturated rings. The first-order valence-electron chi connectivity index (χ1n) is 11.6. The number of hydrogen-bond donors (Lipinski definition) is 1. The molecule has 0 radical (unpaired) electrons. The van der Waals surface area contributed by atoms with Gasteiger partial charge in [0.25, 0.3) is 0 Å². The van der Waals surface area contributed by atoms with E-state index >= 15 is 0 Å². The summed E-state index contributed by atoms with van der Waals surface area (Å²) >= 11 is 0. The Morgan fingerprint density at radius 2 is 1.64 bits per heavy atom. The van der Waals surface area contributed by atoms with Crippen LogP contribution in [0.25, 0.3) is 0 Å². The van der Waals surface area contributed by atoms with Gasteiger partial charge in [0, 0.05) is 31.2 Å². The molecule has 2 aromatic carbocycles. The first-order valence-corrected chi connectivity index (χ1v) is 11.6. The van der Waals surface area contributed by atoms with E-state index in [0.717, 1.165) is 56.0 Å². The molecule has 1 heterocycles. The number of hydrogen-bond acceptors (Lipinski definition) is 3. The van der Waals surface area contributed by atoms with E-state index in [1.165, 1.54) is 12.1 Å². The lowest BCUT2D eigenvalue weighted by Crippen LogP contribution is -2.37. The van der Waals surface area contributed by atoms with Crippen molar-refractivity contribution in [3.63, 3.8) is 0 Å². The van der Waals surface area contributed by atoms with E-state index in [9.17, 15) is 23.5 Å². The molecule has 0 saturated carbocycles. The monoisotopic (exact) mass is 458 g/mol. The van der Waals surface area contributed by atoms with E-state index in [1.54, 1.807) is 23.1 Å². The highest BCUT2D eigenvalue weighted by Gasteiger charge is 2.23. The van der Waals surface area contributed by atoms with Crippen LogP contribution in [0.5, 0.6) is 0 Å². The third kappa shape index (κ3) is 6.60. The average molecular weight is 459 g/mol. The Kier molecular flexibility index (Phi) is 8.55. The van der Waals surface area contributed by atoms with Crippen LogP contribution in [0.4, 0.5) is 14.5 Å². The molecule has 0 saturated heterocycles. The molecule has 1 aliphatic heterocycles. The topological polar surface area (TPSA) is 60.9 Å². The molecule has 2 aromatic rings. The summed E-state index contributed by atoms with van der Waals surface area (Å²) in [5.74, 6) is -2.99. The van der Waals surface area contributed by atoms with Crippen molar-refractivity contribution < 1.29 is 23.5 Å². The normalized spacial score (nSPS) is 16.1. The molecule has 0 bridgehead atoms. The minimum atomic E-state index is -1.03. The van der Waals surface area contributed by atoms with Crippen molar-refractivity contribution in [3.8, 4) is 0 Å². The predicted octanol–water partition coefficient (Wildman–Crippen LogP) is 5.62. The van der Waals surface area contributed by atoms with Crippen LogP contribution in [0.2, 0.25) is 0 Å².